The molecule has 3 aromatic heterocycles. The van der Waals surface area contributed by atoms with Gasteiger partial charge in [0.25, 0.3) is 5.91 Å². The van der Waals surface area contributed by atoms with E-state index in [0.29, 0.717) is 22.5 Å². The van der Waals surface area contributed by atoms with Crippen LogP contribution in [-0.2, 0) is 17.9 Å². The van der Waals surface area contributed by atoms with E-state index in [1.807, 2.05) is 43.3 Å². The van der Waals surface area contributed by atoms with Crippen LogP contribution in [0.4, 0.5) is 10.8 Å². The fourth-order valence-corrected chi connectivity index (χ4v) is 4.16. The molecule has 0 spiro atoms. The van der Waals surface area contributed by atoms with Crippen LogP contribution in [0, 0.1) is 6.92 Å². The maximum atomic E-state index is 13.3. The topological polar surface area (TPSA) is 100 Å². The van der Waals surface area contributed by atoms with Gasteiger partial charge in [0.15, 0.2) is 5.13 Å². The number of rotatable bonds is 10. The molecule has 0 bridgehead atoms. The molecule has 35 heavy (non-hydrogen) atoms. The monoisotopic (exact) mass is 509 g/mol. The van der Waals surface area contributed by atoms with Crippen molar-refractivity contribution in [1.82, 2.24) is 20.2 Å². The Morgan fingerprint density at radius 3 is 2.83 bits per heavy atom. The minimum absolute atomic E-state index is 0.135. The molecule has 0 saturated carbocycles. The summed E-state index contributed by atoms with van der Waals surface area (Å²) in [5, 5.41) is 8.93. The number of furan rings is 1. The predicted molar refractivity (Wildman–Crippen MR) is 136 cm³/mol. The van der Waals surface area contributed by atoms with Gasteiger partial charge in [-0.25, -0.2) is 4.98 Å². The molecule has 0 fully saturated rings. The first-order chi connectivity index (χ1) is 17.0. The summed E-state index contributed by atoms with van der Waals surface area (Å²) < 4.78 is 5.43. The highest BCUT2D eigenvalue weighted by molar-refractivity contribution is 7.14. The van der Waals surface area contributed by atoms with Crippen molar-refractivity contribution in [2.45, 2.75) is 26.4 Å². The van der Waals surface area contributed by atoms with Crippen molar-refractivity contribution in [3.63, 3.8) is 0 Å². The van der Waals surface area contributed by atoms with Crippen LogP contribution in [0.15, 0.2) is 70.8 Å². The zero-order chi connectivity index (χ0) is 24.6. The molecule has 2 amide bonds. The van der Waals surface area contributed by atoms with E-state index in [2.05, 4.69) is 20.6 Å². The first kappa shape index (κ1) is 24.4. The summed E-state index contributed by atoms with van der Waals surface area (Å²) in [6.07, 6.45) is 3.36. The minimum Gasteiger partial charge on any atom is -0.467 e. The lowest BCUT2D eigenvalue weighted by Gasteiger charge is -2.20. The van der Waals surface area contributed by atoms with E-state index in [4.69, 9.17) is 16.0 Å². The van der Waals surface area contributed by atoms with Crippen molar-refractivity contribution in [2.24, 2.45) is 0 Å². The van der Waals surface area contributed by atoms with Gasteiger partial charge in [0.2, 0.25) is 5.91 Å². The van der Waals surface area contributed by atoms with Crippen LogP contribution in [0.3, 0.4) is 0 Å². The van der Waals surface area contributed by atoms with Crippen LogP contribution in [0.2, 0.25) is 5.02 Å². The number of nitrogens with zero attached hydrogens (tertiary/aromatic N) is 3. The summed E-state index contributed by atoms with van der Waals surface area (Å²) in [5.41, 5.74) is 2.89. The average Bonchev–Trinajstić information content (AvgIpc) is 3.55. The molecule has 3 heterocycles. The summed E-state index contributed by atoms with van der Waals surface area (Å²) >= 11 is 7.42. The van der Waals surface area contributed by atoms with E-state index < -0.39 is 0 Å². The van der Waals surface area contributed by atoms with Crippen molar-refractivity contribution in [1.29, 1.82) is 0 Å². The third-order valence-electron chi connectivity index (χ3n) is 5.18. The summed E-state index contributed by atoms with van der Waals surface area (Å²) in [5.74, 6) is 0.159. The van der Waals surface area contributed by atoms with Crippen LogP contribution in [0.1, 0.15) is 33.9 Å². The Kier molecular flexibility index (Phi) is 8.12. The number of amides is 2. The highest BCUT2D eigenvalue weighted by atomic mass is 35.5. The number of thiazole rings is 1. The molecule has 2 N–H and O–H groups in total. The highest BCUT2D eigenvalue weighted by Gasteiger charge is 2.21. The molecule has 4 rings (SSSR count). The van der Waals surface area contributed by atoms with Gasteiger partial charge in [-0.3, -0.25) is 14.6 Å². The zero-order valence-electron chi connectivity index (χ0n) is 19.0. The van der Waals surface area contributed by atoms with E-state index in [1.54, 1.807) is 34.9 Å². The largest absolute Gasteiger partial charge is 0.467 e. The Balaban J connectivity index is 1.41. The molecule has 10 heteroatoms. The number of aromatic nitrogens is 2. The van der Waals surface area contributed by atoms with E-state index >= 15 is 0 Å². The van der Waals surface area contributed by atoms with Gasteiger partial charge in [-0.15, -0.1) is 11.3 Å². The van der Waals surface area contributed by atoms with E-state index in [1.165, 1.54) is 11.3 Å². The Labute approximate surface area is 212 Å². The highest BCUT2D eigenvalue weighted by Crippen LogP contribution is 2.26. The van der Waals surface area contributed by atoms with Gasteiger partial charge in [0.05, 0.1) is 25.0 Å². The maximum absolute atomic E-state index is 13.3. The Bertz CT molecular complexity index is 1280. The third-order valence-corrected chi connectivity index (χ3v) is 6.17. The third kappa shape index (κ3) is 6.91. The van der Waals surface area contributed by atoms with E-state index in [-0.39, 0.29) is 37.0 Å². The molecule has 0 radical (unpaired) electrons. The SMILES string of the molecule is Cc1ccc(Cl)cc1Nc1nc(C(=O)N(CCC(=O)NCc2ccccn2)Cc2ccco2)cs1. The molecule has 0 saturated heterocycles. The van der Waals surface area contributed by atoms with Gasteiger partial charge >= 0.3 is 0 Å². The molecule has 0 atom stereocenters. The number of aryl methyl sites for hydroxylation is 1. The lowest BCUT2D eigenvalue weighted by molar-refractivity contribution is -0.121. The van der Waals surface area contributed by atoms with Gasteiger partial charge in [-0.05, 0) is 48.9 Å². The second kappa shape index (κ2) is 11.6. The lowest BCUT2D eigenvalue weighted by atomic mass is 10.2. The van der Waals surface area contributed by atoms with Crippen LogP contribution >= 0.6 is 22.9 Å². The molecular weight excluding hydrogens is 486 g/mol. The smallest absolute Gasteiger partial charge is 0.273 e. The van der Waals surface area contributed by atoms with Gasteiger partial charge < -0.3 is 20.0 Å². The molecule has 1 aromatic carbocycles. The molecule has 0 aliphatic heterocycles. The average molecular weight is 510 g/mol. The number of carbonyl (C=O) groups is 2. The lowest BCUT2D eigenvalue weighted by Crippen LogP contribution is -2.35. The number of carbonyl (C=O) groups excluding carboxylic acids is 2. The minimum atomic E-state index is -0.286. The fourth-order valence-electron chi connectivity index (χ4n) is 3.30. The second-order valence-corrected chi connectivity index (χ2v) is 9.07. The van der Waals surface area contributed by atoms with Crippen molar-refractivity contribution in [3.05, 3.63) is 94.1 Å². The number of anilines is 2. The summed E-state index contributed by atoms with van der Waals surface area (Å²) in [6.45, 7) is 2.73. The van der Waals surface area contributed by atoms with Crippen molar-refractivity contribution < 1.29 is 14.0 Å². The fraction of sp³-hybridized carbons (Fsp3) is 0.200. The number of halogens is 1. The molecule has 180 valence electrons. The molecule has 0 aliphatic rings. The normalized spacial score (nSPS) is 10.7. The number of hydrogen-bond acceptors (Lipinski definition) is 7. The van der Waals surface area contributed by atoms with Crippen LogP contribution in [-0.4, -0.2) is 33.2 Å². The van der Waals surface area contributed by atoms with Gasteiger partial charge in [0, 0.05) is 35.3 Å². The van der Waals surface area contributed by atoms with Gasteiger partial charge in [-0.2, -0.15) is 0 Å². The van der Waals surface area contributed by atoms with Crippen molar-refractivity contribution in [2.75, 3.05) is 11.9 Å². The second-order valence-electron chi connectivity index (χ2n) is 7.78. The zero-order valence-corrected chi connectivity index (χ0v) is 20.6. The summed E-state index contributed by atoms with van der Waals surface area (Å²) in [4.78, 5) is 35.9. The maximum Gasteiger partial charge on any atom is 0.273 e. The van der Waals surface area contributed by atoms with Crippen molar-refractivity contribution >= 4 is 45.6 Å². The molecule has 4 aromatic rings. The first-order valence-electron chi connectivity index (χ1n) is 10.9. The summed E-state index contributed by atoms with van der Waals surface area (Å²) in [6, 6.07) is 14.6. The number of pyridine rings is 1. The molecular formula is C25H24ClN5O3S. The first-order valence-corrected chi connectivity index (χ1v) is 12.2. The number of hydrogen-bond donors (Lipinski definition) is 2. The van der Waals surface area contributed by atoms with Crippen LogP contribution < -0.4 is 10.6 Å². The Morgan fingerprint density at radius 1 is 1.17 bits per heavy atom. The van der Waals surface area contributed by atoms with E-state index in [0.717, 1.165) is 16.9 Å². The summed E-state index contributed by atoms with van der Waals surface area (Å²) in [7, 11) is 0. The standard InChI is InChI=1S/C25H24ClN5O3S/c1-17-7-8-18(26)13-21(17)29-25-30-22(16-35-25)24(33)31(15-20-6-4-12-34-20)11-9-23(32)28-14-19-5-2-3-10-27-19/h2-8,10,12-13,16H,9,11,14-15H2,1H3,(H,28,32)(H,29,30). The molecule has 8 nitrogen and oxygen atoms in total. The quantitative estimate of drug-likeness (QED) is 0.305. The molecule has 0 unspecified atom stereocenters. The van der Waals surface area contributed by atoms with E-state index in [9.17, 15) is 9.59 Å². The van der Waals surface area contributed by atoms with Crippen LogP contribution in [0.5, 0.6) is 0 Å². The number of benzene rings is 1. The van der Waals surface area contributed by atoms with Gasteiger partial charge in [0.1, 0.15) is 11.5 Å². The van der Waals surface area contributed by atoms with Crippen LogP contribution in [0.25, 0.3) is 0 Å². The molecule has 0 aliphatic carbocycles. The predicted octanol–water partition coefficient (Wildman–Crippen LogP) is 5.19. The van der Waals surface area contributed by atoms with Crippen molar-refractivity contribution in [3.8, 4) is 0 Å². The van der Waals surface area contributed by atoms with Gasteiger partial charge in [-0.1, -0.05) is 23.7 Å². The Hall–Kier alpha value is -3.69. The number of nitrogens with one attached hydrogen (secondary N) is 2. The Morgan fingerprint density at radius 2 is 2.06 bits per heavy atom.